The molecule has 2 fully saturated rings. The average molecular weight is 501 g/mol. The maximum absolute atomic E-state index is 14.7. The zero-order valence-electron chi connectivity index (χ0n) is 19.4. The van der Waals surface area contributed by atoms with Crippen molar-refractivity contribution in [2.45, 2.75) is 43.6 Å². The van der Waals surface area contributed by atoms with E-state index in [9.17, 15) is 9.50 Å². The van der Waals surface area contributed by atoms with E-state index in [0.29, 0.717) is 55.5 Å². The number of benzene rings is 2. The first-order chi connectivity index (χ1) is 17.0. The molecule has 4 aliphatic rings. The van der Waals surface area contributed by atoms with Gasteiger partial charge in [-0.2, -0.15) is 0 Å². The van der Waals surface area contributed by atoms with Gasteiger partial charge in [0, 0.05) is 36.8 Å². The molecule has 9 heteroatoms. The minimum atomic E-state index is -0.971. The fourth-order valence-electron chi connectivity index (χ4n) is 5.60. The summed E-state index contributed by atoms with van der Waals surface area (Å²) >= 11 is 6.05. The molecular formula is C26H28ClFN3O4-. The van der Waals surface area contributed by atoms with Crippen molar-refractivity contribution in [3.05, 3.63) is 52.8 Å². The second kappa shape index (κ2) is 9.15. The summed E-state index contributed by atoms with van der Waals surface area (Å²) in [7, 11) is 0. The van der Waals surface area contributed by atoms with Gasteiger partial charge in [-0.3, -0.25) is 9.89 Å². The zero-order chi connectivity index (χ0) is 24.0. The first kappa shape index (κ1) is 22.9. The highest BCUT2D eigenvalue weighted by Gasteiger charge is 2.48. The van der Waals surface area contributed by atoms with Gasteiger partial charge in [0.25, 0.3) is 0 Å². The molecule has 35 heavy (non-hydrogen) atoms. The van der Waals surface area contributed by atoms with Gasteiger partial charge in [-0.05, 0) is 67.1 Å². The van der Waals surface area contributed by atoms with E-state index in [1.165, 1.54) is 6.07 Å². The fourth-order valence-corrected chi connectivity index (χ4v) is 5.73. The van der Waals surface area contributed by atoms with Crippen molar-refractivity contribution in [3.8, 4) is 11.5 Å². The van der Waals surface area contributed by atoms with Crippen LogP contribution in [0.5, 0.6) is 11.5 Å². The van der Waals surface area contributed by atoms with E-state index in [2.05, 4.69) is 14.8 Å². The largest absolute Gasteiger partial charge is 0.860 e. The number of anilines is 1. The van der Waals surface area contributed by atoms with Crippen LogP contribution in [0.1, 0.15) is 24.8 Å². The summed E-state index contributed by atoms with van der Waals surface area (Å²) in [6, 6.07) is 10.5. The summed E-state index contributed by atoms with van der Waals surface area (Å²) in [4.78, 5) is 9.11. The standard InChI is InChI=1S/C26H29ClFN3O4/c27-18-3-5-19(6-4-18)31-10-7-26(16-31)25(32)29-21(24(35-26)30-8-1-2-9-30)14-17-13-20(28)23-22(15-17)33-11-12-34-23/h3-6,13,15,21,24H,1-2,7-12,14,16H2,(H,29,32)/p-1. The molecule has 3 unspecified atom stereocenters. The second-order valence-corrected chi connectivity index (χ2v) is 10.1. The van der Waals surface area contributed by atoms with Crippen molar-refractivity contribution in [2.24, 2.45) is 4.99 Å². The Morgan fingerprint density at radius 3 is 2.66 bits per heavy atom. The lowest BCUT2D eigenvalue weighted by Gasteiger charge is -2.47. The van der Waals surface area contributed by atoms with Crippen molar-refractivity contribution in [3.63, 3.8) is 0 Å². The minimum Gasteiger partial charge on any atom is -0.860 e. The highest BCUT2D eigenvalue weighted by atomic mass is 35.5. The van der Waals surface area contributed by atoms with E-state index >= 15 is 0 Å². The van der Waals surface area contributed by atoms with Crippen molar-refractivity contribution < 1.29 is 23.7 Å². The van der Waals surface area contributed by atoms with Crippen LogP contribution in [0.4, 0.5) is 10.1 Å². The maximum atomic E-state index is 14.7. The van der Waals surface area contributed by atoms with E-state index in [4.69, 9.17) is 25.8 Å². The third kappa shape index (κ3) is 4.32. The van der Waals surface area contributed by atoms with Crippen LogP contribution >= 0.6 is 11.6 Å². The molecule has 0 radical (unpaired) electrons. The van der Waals surface area contributed by atoms with Gasteiger partial charge in [0.15, 0.2) is 17.3 Å². The highest BCUT2D eigenvalue weighted by Crippen LogP contribution is 2.39. The van der Waals surface area contributed by atoms with Gasteiger partial charge in [-0.1, -0.05) is 11.6 Å². The fraction of sp³-hybridized carbons (Fsp3) is 0.500. The van der Waals surface area contributed by atoms with Gasteiger partial charge in [-0.15, -0.1) is 0 Å². The molecule has 0 aliphatic carbocycles. The molecule has 0 amide bonds. The van der Waals surface area contributed by atoms with Gasteiger partial charge in [0.2, 0.25) is 0 Å². The molecule has 0 aromatic heterocycles. The smallest absolute Gasteiger partial charge is 0.197 e. The number of nitrogens with zero attached hydrogens (tertiary/aromatic N) is 3. The van der Waals surface area contributed by atoms with Gasteiger partial charge >= 0.3 is 0 Å². The van der Waals surface area contributed by atoms with Crippen LogP contribution in [0.25, 0.3) is 0 Å². The Hall–Kier alpha value is -2.55. The summed E-state index contributed by atoms with van der Waals surface area (Å²) < 4.78 is 32.4. The van der Waals surface area contributed by atoms with Crippen LogP contribution in [0.15, 0.2) is 41.4 Å². The van der Waals surface area contributed by atoms with E-state index in [1.807, 2.05) is 24.3 Å². The molecule has 7 nitrogen and oxygen atoms in total. The number of hydrogen-bond donors (Lipinski definition) is 0. The Morgan fingerprint density at radius 1 is 1.09 bits per heavy atom. The monoisotopic (exact) mass is 500 g/mol. The van der Waals surface area contributed by atoms with Crippen molar-refractivity contribution in [2.75, 3.05) is 44.3 Å². The molecule has 4 heterocycles. The predicted octanol–water partition coefficient (Wildman–Crippen LogP) is 3.02. The Morgan fingerprint density at radius 2 is 1.86 bits per heavy atom. The number of ether oxygens (including phenoxy) is 3. The summed E-state index contributed by atoms with van der Waals surface area (Å²) in [6.07, 6.45) is 2.80. The molecule has 4 aliphatic heterocycles. The SMILES string of the molecule is [O-]C1=NC(Cc2cc(F)c3c(c2)OCCO3)C(N2CCCC2)OC12CCN(c1ccc(Cl)cc1)C2. The second-order valence-electron chi connectivity index (χ2n) is 9.70. The molecule has 0 bridgehead atoms. The van der Waals surface area contributed by atoms with Gasteiger partial charge in [0.05, 0.1) is 12.6 Å². The molecule has 2 saturated heterocycles. The number of hydrogen-bond acceptors (Lipinski definition) is 7. The van der Waals surface area contributed by atoms with Crippen LogP contribution in [-0.4, -0.2) is 68.1 Å². The van der Waals surface area contributed by atoms with Crippen LogP contribution < -0.4 is 19.5 Å². The number of aliphatic imine (C=N–C) groups is 1. The third-order valence-electron chi connectivity index (χ3n) is 7.37. The van der Waals surface area contributed by atoms with E-state index < -0.39 is 17.5 Å². The maximum Gasteiger partial charge on any atom is 0.197 e. The molecule has 0 N–H and O–H groups in total. The first-order valence-corrected chi connectivity index (χ1v) is 12.6. The molecule has 1 spiro atoms. The van der Waals surface area contributed by atoms with Crippen molar-refractivity contribution in [1.29, 1.82) is 0 Å². The number of fused-ring (bicyclic) bond motifs is 1. The van der Waals surface area contributed by atoms with Crippen LogP contribution in [0.3, 0.4) is 0 Å². The zero-order valence-corrected chi connectivity index (χ0v) is 20.2. The summed E-state index contributed by atoms with van der Waals surface area (Å²) in [6.45, 7) is 3.67. The lowest BCUT2D eigenvalue weighted by atomic mass is 9.96. The summed E-state index contributed by atoms with van der Waals surface area (Å²) in [5, 5.41) is 14.1. The Labute approximate surface area is 209 Å². The number of halogens is 2. The molecule has 6 rings (SSSR count). The van der Waals surface area contributed by atoms with Crippen LogP contribution in [0, 0.1) is 5.82 Å². The lowest BCUT2D eigenvalue weighted by Crippen LogP contribution is -2.61. The van der Waals surface area contributed by atoms with E-state index in [-0.39, 0.29) is 17.9 Å². The normalized spacial score (nSPS) is 28.5. The lowest BCUT2D eigenvalue weighted by molar-refractivity contribution is -0.261. The Balaban J connectivity index is 1.28. The highest BCUT2D eigenvalue weighted by molar-refractivity contribution is 6.30. The Kier molecular flexibility index (Phi) is 5.98. The average Bonchev–Trinajstić information content (AvgIpc) is 3.53. The van der Waals surface area contributed by atoms with Crippen molar-refractivity contribution in [1.82, 2.24) is 4.90 Å². The van der Waals surface area contributed by atoms with Gasteiger partial charge < -0.3 is 24.2 Å². The molecule has 3 atom stereocenters. The van der Waals surface area contributed by atoms with Crippen molar-refractivity contribution >= 4 is 23.2 Å². The van der Waals surface area contributed by atoms with Crippen LogP contribution in [-0.2, 0) is 11.2 Å². The number of rotatable bonds is 4. The van der Waals surface area contributed by atoms with Gasteiger partial charge in [0.1, 0.15) is 25.0 Å². The molecule has 0 saturated carbocycles. The summed E-state index contributed by atoms with van der Waals surface area (Å²) in [5.41, 5.74) is 0.752. The first-order valence-electron chi connectivity index (χ1n) is 12.3. The minimum absolute atomic E-state index is 0.149. The van der Waals surface area contributed by atoms with Crippen LogP contribution in [0.2, 0.25) is 5.02 Å². The quantitative estimate of drug-likeness (QED) is 0.643. The van der Waals surface area contributed by atoms with E-state index in [1.54, 1.807) is 6.07 Å². The Bertz CT molecular complexity index is 1120. The van der Waals surface area contributed by atoms with E-state index in [0.717, 1.165) is 31.6 Å². The summed E-state index contributed by atoms with van der Waals surface area (Å²) in [5.74, 6) is -0.134. The third-order valence-corrected chi connectivity index (χ3v) is 7.63. The van der Waals surface area contributed by atoms with Gasteiger partial charge in [-0.25, -0.2) is 4.39 Å². The molecule has 186 valence electrons. The molecular weight excluding hydrogens is 473 g/mol. The predicted molar refractivity (Wildman–Crippen MR) is 129 cm³/mol. The molecule has 2 aromatic rings. The molecule has 2 aromatic carbocycles. The topological polar surface area (TPSA) is 69.6 Å². The number of likely N-dealkylation sites (tertiary alicyclic amines) is 1.